The van der Waals surface area contributed by atoms with Crippen molar-refractivity contribution >= 4 is 15.9 Å². The SMILES string of the molecule is COCCNS(=O)(=O)c1cccc(C(=O)NCC2(c3ccc(F)cc3)CCCCC2)c1. The third kappa shape index (κ3) is 5.90. The fraction of sp³-hybridized carbons (Fsp3) is 0.435. The van der Waals surface area contributed by atoms with E-state index in [9.17, 15) is 17.6 Å². The summed E-state index contributed by atoms with van der Waals surface area (Å²) >= 11 is 0. The first-order valence-corrected chi connectivity index (χ1v) is 12.0. The van der Waals surface area contributed by atoms with Gasteiger partial charge >= 0.3 is 0 Å². The molecule has 3 rings (SSSR count). The second-order valence-corrected chi connectivity index (χ2v) is 9.72. The van der Waals surface area contributed by atoms with Crippen molar-refractivity contribution in [3.8, 4) is 0 Å². The lowest BCUT2D eigenvalue weighted by Gasteiger charge is -2.38. The molecule has 2 aromatic rings. The minimum atomic E-state index is -3.73. The number of rotatable bonds is 9. The summed E-state index contributed by atoms with van der Waals surface area (Å²) in [5.41, 5.74) is 1.06. The zero-order valence-corrected chi connectivity index (χ0v) is 18.5. The fourth-order valence-electron chi connectivity index (χ4n) is 4.12. The van der Waals surface area contributed by atoms with Gasteiger partial charge in [-0.3, -0.25) is 4.79 Å². The number of amides is 1. The molecule has 8 heteroatoms. The standard InChI is InChI=1S/C23H29FN2O4S/c1-30-15-14-26-31(28,29)21-7-5-6-18(16-21)22(27)25-17-23(12-3-2-4-13-23)19-8-10-20(24)11-9-19/h5-11,16,26H,2-4,12-15,17H2,1H3,(H,25,27). The Morgan fingerprint density at radius 3 is 2.48 bits per heavy atom. The van der Waals surface area contributed by atoms with Crippen LogP contribution in [0, 0.1) is 5.82 Å². The number of halogens is 1. The van der Waals surface area contributed by atoms with Crippen molar-refractivity contribution in [3.05, 3.63) is 65.5 Å². The molecule has 0 saturated heterocycles. The Balaban J connectivity index is 1.74. The maximum Gasteiger partial charge on any atom is 0.251 e. The molecule has 1 amide bonds. The van der Waals surface area contributed by atoms with E-state index in [4.69, 9.17) is 4.74 Å². The van der Waals surface area contributed by atoms with Gasteiger partial charge in [-0.15, -0.1) is 0 Å². The summed E-state index contributed by atoms with van der Waals surface area (Å²) in [6.45, 7) is 0.820. The molecule has 1 aliphatic rings. The average molecular weight is 449 g/mol. The molecule has 0 bridgehead atoms. The predicted molar refractivity (Wildman–Crippen MR) is 117 cm³/mol. The number of carbonyl (C=O) groups excluding carboxylic acids is 1. The lowest BCUT2D eigenvalue weighted by Crippen LogP contribution is -2.42. The number of hydrogen-bond donors (Lipinski definition) is 2. The van der Waals surface area contributed by atoms with Gasteiger partial charge in [0, 0.05) is 31.2 Å². The minimum absolute atomic E-state index is 0.0298. The highest BCUT2D eigenvalue weighted by atomic mass is 32.2. The molecule has 1 fully saturated rings. The summed E-state index contributed by atoms with van der Waals surface area (Å²) in [7, 11) is -2.24. The molecule has 31 heavy (non-hydrogen) atoms. The highest BCUT2D eigenvalue weighted by Crippen LogP contribution is 2.39. The van der Waals surface area contributed by atoms with Crippen molar-refractivity contribution in [2.24, 2.45) is 0 Å². The minimum Gasteiger partial charge on any atom is -0.383 e. The van der Waals surface area contributed by atoms with Crippen molar-refractivity contribution in [1.29, 1.82) is 0 Å². The van der Waals surface area contributed by atoms with Gasteiger partial charge in [-0.1, -0.05) is 37.5 Å². The molecule has 6 nitrogen and oxygen atoms in total. The van der Waals surface area contributed by atoms with Crippen LogP contribution in [0.15, 0.2) is 53.4 Å². The summed E-state index contributed by atoms with van der Waals surface area (Å²) in [5, 5.41) is 2.99. The zero-order chi connectivity index (χ0) is 22.3. The second-order valence-electron chi connectivity index (χ2n) is 7.95. The van der Waals surface area contributed by atoms with Crippen LogP contribution in [0.3, 0.4) is 0 Å². The van der Waals surface area contributed by atoms with Crippen molar-refractivity contribution in [2.75, 3.05) is 26.8 Å². The molecular weight excluding hydrogens is 419 g/mol. The first-order valence-electron chi connectivity index (χ1n) is 10.5. The fourth-order valence-corrected chi connectivity index (χ4v) is 5.18. The van der Waals surface area contributed by atoms with E-state index in [0.29, 0.717) is 6.54 Å². The summed E-state index contributed by atoms with van der Waals surface area (Å²) in [4.78, 5) is 12.9. The van der Waals surface area contributed by atoms with Crippen LogP contribution in [0.25, 0.3) is 0 Å². The first-order chi connectivity index (χ1) is 14.9. The molecule has 0 spiro atoms. The molecule has 0 radical (unpaired) electrons. The number of hydrogen-bond acceptors (Lipinski definition) is 4. The molecule has 0 aromatic heterocycles. The topological polar surface area (TPSA) is 84.5 Å². The number of methoxy groups -OCH3 is 1. The van der Waals surface area contributed by atoms with Gasteiger partial charge in [0.25, 0.3) is 5.91 Å². The van der Waals surface area contributed by atoms with Gasteiger partial charge in [-0.05, 0) is 48.7 Å². The summed E-state index contributed by atoms with van der Waals surface area (Å²) < 4.78 is 45.6. The Hall–Kier alpha value is -2.29. The third-order valence-electron chi connectivity index (χ3n) is 5.86. The van der Waals surface area contributed by atoms with E-state index >= 15 is 0 Å². The monoisotopic (exact) mass is 448 g/mol. The highest BCUT2D eigenvalue weighted by molar-refractivity contribution is 7.89. The van der Waals surface area contributed by atoms with Gasteiger partial charge in [0.1, 0.15) is 5.82 Å². The normalized spacial score (nSPS) is 16.1. The van der Waals surface area contributed by atoms with Crippen LogP contribution in [-0.4, -0.2) is 41.1 Å². The Labute approximate surface area is 183 Å². The van der Waals surface area contributed by atoms with Crippen LogP contribution in [0.5, 0.6) is 0 Å². The number of nitrogens with one attached hydrogen (secondary N) is 2. The molecule has 0 heterocycles. The maximum atomic E-state index is 13.4. The third-order valence-corrected chi connectivity index (χ3v) is 7.32. The molecular formula is C23H29FN2O4S. The van der Waals surface area contributed by atoms with Crippen LogP contribution in [0.1, 0.15) is 48.0 Å². The van der Waals surface area contributed by atoms with E-state index in [-0.39, 0.29) is 40.7 Å². The van der Waals surface area contributed by atoms with Gasteiger partial charge in [0.15, 0.2) is 0 Å². The molecule has 1 aliphatic carbocycles. The molecule has 1 saturated carbocycles. The summed E-state index contributed by atoms with van der Waals surface area (Å²) in [6, 6.07) is 12.5. The lowest BCUT2D eigenvalue weighted by atomic mass is 9.69. The van der Waals surface area contributed by atoms with E-state index in [0.717, 1.165) is 37.7 Å². The Morgan fingerprint density at radius 2 is 1.81 bits per heavy atom. The lowest BCUT2D eigenvalue weighted by molar-refractivity contribution is 0.0936. The van der Waals surface area contributed by atoms with Crippen molar-refractivity contribution in [2.45, 2.75) is 42.4 Å². The van der Waals surface area contributed by atoms with E-state index in [1.165, 1.54) is 31.4 Å². The van der Waals surface area contributed by atoms with Crippen LogP contribution in [-0.2, 0) is 20.2 Å². The van der Waals surface area contributed by atoms with Gasteiger partial charge in [0.2, 0.25) is 10.0 Å². The quantitative estimate of drug-likeness (QED) is 0.576. The molecule has 0 atom stereocenters. The van der Waals surface area contributed by atoms with Gasteiger partial charge < -0.3 is 10.1 Å². The molecule has 0 aliphatic heterocycles. The van der Waals surface area contributed by atoms with Crippen LogP contribution < -0.4 is 10.0 Å². The zero-order valence-electron chi connectivity index (χ0n) is 17.7. The molecule has 2 aromatic carbocycles. The largest absolute Gasteiger partial charge is 0.383 e. The molecule has 2 N–H and O–H groups in total. The second kappa shape index (κ2) is 10.3. The molecule has 0 unspecified atom stereocenters. The summed E-state index contributed by atoms with van der Waals surface area (Å²) in [5.74, 6) is -0.614. The average Bonchev–Trinajstić information content (AvgIpc) is 2.79. The number of carbonyl (C=O) groups is 1. The summed E-state index contributed by atoms with van der Waals surface area (Å²) in [6.07, 6.45) is 5.07. The van der Waals surface area contributed by atoms with Crippen molar-refractivity contribution < 1.29 is 22.3 Å². The van der Waals surface area contributed by atoms with Crippen molar-refractivity contribution in [3.63, 3.8) is 0 Å². The Morgan fingerprint density at radius 1 is 1.10 bits per heavy atom. The van der Waals surface area contributed by atoms with E-state index in [1.54, 1.807) is 24.3 Å². The van der Waals surface area contributed by atoms with Crippen LogP contribution >= 0.6 is 0 Å². The number of benzene rings is 2. The van der Waals surface area contributed by atoms with E-state index in [1.807, 2.05) is 0 Å². The van der Waals surface area contributed by atoms with E-state index < -0.39 is 10.0 Å². The first kappa shape index (κ1) is 23.4. The maximum absolute atomic E-state index is 13.4. The Bertz CT molecular complexity index is 987. The smallest absolute Gasteiger partial charge is 0.251 e. The predicted octanol–water partition coefficient (Wildman–Crippen LogP) is 3.38. The van der Waals surface area contributed by atoms with Crippen LogP contribution in [0.4, 0.5) is 4.39 Å². The Kier molecular flexibility index (Phi) is 7.80. The van der Waals surface area contributed by atoms with Gasteiger partial charge in [-0.25, -0.2) is 17.5 Å². The number of sulfonamides is 1. The van der Waals surface area contributed by atoms with E-state index in [2.05, 4.69) is 10.0 Å². The molecule has 168 valence electrons. The van der Waals surface area contributed by atoms with Gasteiger partial charge in [-0.2, -0.15) is 0 Å². The highest BCUT2D eigenvalue weighted by Gasteiger charge is 2.34. The van der Waals surface area contributed by atoms with Crippen molar-refractivity contribution in [1.82, 2.24) is 10.0 Å². The van der Waals surface area contributed by atoms with Gasteiger partial charge in [0.05, 0.1) is 11.5 Å². The number of ether oxygens (including phenoxy) is 1. The van der Waals surface area contributed by atoms with Crippen LogP contribution in [0.2, 0.25) is 0 Å².